The second kappa shape index (κ2) is 6.53. The van der Waals surface area contributed by atoms with Crippen molar-refractivity contribution in [1.82, 2.24) is 5.32 Å². The molecule has 0 saturated carbocycles. The van der Waals surface area contributed by atoms with Gasteiger partial charge in [0.1, 0.15) is 0 Å². The highest BCUT2D eigenvalue weighted by Crippen LogP contribution is 2.13. The van der Waals surface area contributed by atoms with Crippen LogP contribution in [0.2, 0.25) is 0 Å². The van der Waals surface area contributed by atoms with E-state index < -0.39 is 16.4 Å². The number of nitrogens with one attached hydrogen (secondary N) is 1. The molecular weight excluding hydrogens is 198 g/mol. The molecule has 0 radical (unpaired) electrons. The van der Waals surface area contributed by atoms with Gasteiger partial charge in [0.25, 0.3) is 0 Å². The van der Waals surface area contributed by atoms with Gasteiger partial charge >= 0.3 is 0 Å². The van der Waals surface area contributed by atoms with E-state index in [4.69, 9.17) is 0 Å². The first-order valence-electron chi connectivity index (χ1n) is 5.19. The minimum atomic E-state index is -0.772. The summed E-state index contributed by atoms with van der Waals surface area (Å²) in [6.07, 6.45) is 3.20. The van der Waals surface area contributed by atoms with E-state index in [1.54, 1.807) is 6.26 Å². The van der Waals surface area contributed by atoms with Crippen LogP contribution in [0.25, 0.3) is 0 Å². The zero-order valence-corrected chi connectivity index (χ0v) is 10.5. The Bertz CT molecular complexity index is 181. The molecule has 0 heterocycles. The Morgan fingerprint density at radius 3 is 2.29 bits per heavy atom. The second-order valence-electron chi connectivity index (χ2n) is 3.95. The molecule has 2 unspecified atom stereocenters. The maximum absolute atomic E-state index is 10.9. The first-order chi connectivity index (χ1) is 6.43. The van der Waals surface area contributed by atoms with Gasteiger partial charge in [-0.05, 0) is 19.8 Å². The molecule has 3 nitrogen and oxygen atoms in total. The van der Waals surface area contributed by atoms with E-state index in [0.29, 0.717) is 12.3 Å². The minimum Gasteiger partial charge on any atom is -0.389 e. The highest BCUT2D eigenvalue weighted by Gasteiger charge is 2.22. The van der Waals surface area contributed by atoms with Gasteiger partial charge in [-0.15, -0.1) is 0 Å². The molecule has 86 valence electrons. The van der Waals surface area contributed by atoms with Crippen molar-refractivity contribution in [3.8, 4) is 0 Å². The predicted octanol–water partition coefficient (Wildman–Crippen LogP) is 0.894. The molecule has 2 atom stereocenters. The van der Waals surface area contributed by atoms with Crippen molar-refractivity contribution in [2.45, 2.75) is 45.3 Å². The predicted molar refractivity (Wildman–Crippen MR) is 61.9 cm³/mol. The zero-order valence-electron chi connectivity index (χ0n) is 9.67. The van der Waals surface area contributed by atoms with Crippen molar-refractivity contribution >= 4 is 10.8 Å². The third-order valence-electron chi connectivity index (χ3n) is 2.58. The van der Waals surface area contributed by atoms with Crippen LogP contribution in [0.3, 0.4) is 0 Å². The van der Waals surface area contributed by atoms with E-state index in [1.807, 2.05) is 20.8 Å². The van der Waals surface area contributed by atoms with Crippen LogP contribution in [0.15, 0.2) is 0 Å². The van der Waals surface area contributed by atoms with Gasteiger partial charge in [0.15, 0.2) is 0 Å². The van der Waals surface area contributed by atoms with E-state index in [-0.39, 0.29) is 6.04 Å². The first kappa shape index (κ1) is 14.1. The molecule has 2 N–H and O–H groups in total. The van der Waals surface area contributed by atoms with Gasteiger partial charge < -0.3 is 10.4 Å². The van der Waals surface area contributed by atoms with Gasteiger partial charge in [-0.2, -0.15) is 0 Å². The molecule has 0 saturated heterocycles. The summed E-state index contributed by atoms with van der Waals surface area (Å²) in [5.41, 5.74) is -0.608. The number of aliphatic hydroxyl groups is 1. The first-order valence-corrected chi connectivity index (χ1v) is 6.92. The van der Waals surface area contributed by atoms with E-state index in [9.17, 15) is 9.32 Å². The van der Waals surface area contributed by atoms with Crippen LogP contribution in [-0.2, 0) is 10.8 Å². The smallest absolute Gasteiger partial charge is 0.0766 e. The number of hydrogen-bond donors (Lipinski definition) is 2. The minimum absolute atomic E-state index is 0.199. The highest BCUT2D eigenvalue weighted by atomic mass is 32.2. The van der Waals surface area contributed by atoms with E-state index in [1.165, 1.54) is 0 Å². The van der Waals surface area contributed by atoms with Crippen molar-refractivity contribution in [2.24, 2.45) is 0 Å². The Morgan fingerprint density at radius 1 is 1.43 bits per heavy atom. The lowest BCUT2D eigenvalue weighted by Gasteiger charge is -2.27. The quantitative estimate of drug-likeness (QED) is 0.671. The lowest BCUT2D eigenvalue weighted by molar-refractivity contribution is 0.0309. The third kappa shape index (κ3) is 5.73. The van der Waals surface area contributed by atoms with E-state index >= 15 is 0 Å². The van der Waals surface area contributed by atoms with Gasteiger partial charge in [0, 0.05) is 35.4 Å². The summed E-state index contributed by atoms with van der Waals surface area (Å²) >= 11 is 0. The highest BCUT2D eigenvalue weighted by molar-refractivity contribution is 7.84. The summed E-state index contributed by atoms with van der Waals surface area (Å²) in [6.45, 7) is 6.53. The molecule has 0 spiro atoms. The second-order valence-corrected chi connectivity index (χ2v) is 5.43. The maximum atomic E-state index is 10.9. The lowest BCUT2D eigenvalue weighted by Crippen LogP contribution is -2.44. The normalized spacial score (nSPS) is 16.6. The molecule has 14 heavy (non-hydrogen) atoms. The molecule has 0 aromatic carbocycles. The molecule has 0 amide bonds. The van der Waals surface area contributed by atoms with Crippen molar-refractivity contribution in [1.29, 1.82) is 0 Å². The van der Waals surface area contributed by atoms with Crippen molar-refractivity contribution in [3.05, 3.63) is 0 Å². The summed E-state index contributed by atoms with van der Waals surface area (Å²) in [4.78, 5) is 0. The maximum Gasteiger partial charge on any atom is 0.0766 e. The summed E-state index contributed by atoms with van der Waals surface area (Å²) in [6, 6.07) is 0.199. The monoisotopic (exact) mass is 221 g/mol. The summed E-state index contributed by atoms with van der Waals surface area (Å²) < 4.78 is 10.9. The van der Waals surface area contributed by atoms with Gasteiger partial charge in [0.2, 0.25) is 0 Å². The van der Waals surface area contributed by atoms with Crippen LogP contribution < -0.4 is 5.32 Å². The average Bonchev–Trinajstić information content (AvgIpc) is 2.13. The largest absolute Gasteiger partial charge is 0.389 e. The van der Waals surface area contributed by atoms with Crippen molar-refractivity contribution in [3.63, 3.8) is 0 Å². The fraction of sp³-hybridized carbons (Fsp3) is 1.00. The van der Waals surface area contributed by atoms with Crippen LogP contribution in [0.5, 0.6) is 0 Å². The number of rotatable bonds is 7. The van der Waals surface area contributed by atoms with Crippen LogP contribution in [-0.4, -0.2) is 39.5 Å². The molecule has 0 aliphatic rings. The van der Waals surface area contributed by atoms with Gasteiger partial charge in [0.05, 0.1) is 5.60 Å². The standard InChI is InChI=1S/C10H23NO2S/c1-5-10(12,6-2)8-11-9(3)7-14(4)13/h9,11-12H,5-8H2,1-4H3. The fourth-order valence-electron chi connectivity index (χ4n) is 1.28. The summed E-state index contributed by atoms with van der Waals surface area (Å²) in [7, 11) is -0.772. The molecule has 0 rings (SSSR count). The van der Waals surface area contributed by atoms with Gasteiger partial charge in [-0.1, -0.05) is 13.8 Å². The topological polar surface area (TPSA) is 49.3 Å². The molecule has 0 bridgehead atoms. The van der Waals surface area contributed by atoms with Gasteiger partial charge in [-0.25, -0.2) is 0 Å². The Balaban J connectivity index is 3.85. The van der Waals surface area contributed by atoms with E-state index in [2.05, 4.69) is 5.32 Å². The van der Waals surface area contributed by atoms with Crippen LogP contribution in [0, 0.1) is 0 Å². The van der Waals surface area contributed by atoms with Crippen LogP contribution >= 0.6 is 0 Å². The third-order valence-corrected chi connectivity index (χ3v) is 3.55. The Labute approximate surface area is 89.7 Å². The zero-order chi connectivity index (χ0) is 11.2. The number of hydrogen-bond acceptors (Lipinski definition) is 3. The summed E-state index contributed by atoms with van der Waals surface area (Å²) in [5.74, 6) is 0.642. The molecule has 0 fully saturated rings. The molecule has 0 aliphatic carbocycles. The van der Waals surface area contributed by atoms with E-state index in [0.717, 1.165) is 12.8 Å². The van der Waals surface area contributed by atoms with Gasteiger partial charge in [-0.3, -0.25) is 4.21 Å². The summed E-state index contributed by atoms with van der Waals surface area (Å²) in [5, 5.41) is 13.2. The lowest BCUT2D eigenvalue weighted by atomic mass is 9.97. The van der Waals surface area contributed by atoms with Crippen LogP contribution in [0.4, 0.5) is 0 Å². The van der Waals surface area contributed by atoms with Crippen LogP contribution in [0.1, 0.15) is 33.6 Å². The molecular formula is C10H23NO2S. The Hall–Kier alpha value is 0.0700. The fourth-order valence-corrected chi connectivity index (χ4v) is 2.10. The molecule has 0 aromatic rings. The molecule has 0 aliphatic heterocycles. The SMILES string of the molecule is CCC(O)(CC)CNC(C)CS(C)=O. The Morgan fingerprint density at radius 2 is 1.93 bits per heavy atom. The Kier molecular flexibility index (Phi) is 6.57. The van der Waals surface area contributed by atoms with Crippen molar-refractivity contribution < 1.29 is 9.32 Å². The average molecular weight is 221 g/mol. The van der Waals surface area contributed by atoms with Crippen molar-refractivity contribution in [2.75, 3.05) is 18.6 Å². The molecule has 4 heteroatoms. The molecule has 0 aromatic heterocycles.